The Bertz CT molecular complexity index is 985. The summed E-state index contributed by atoms with van der Waals surface area (Å²) < 4.78 is 4.66. The molecule has 0 saturated carbocycles. The molecule has 7 heteroatoms. The molecule has 6 nitrogen and oxygen atoms in total. The number of carbonyl (C=O) groups is 2. The molecule has 0 atom stereocenters. The standard InChI is InChI=1S/C24H23N3O3S/c1-30-21(28)16-17-12-14-20(15-13-17)25-24(31)27-26-23(29)22(18-8-4-2-5-9-18)19-10-6-3-7-11-19/h2-15,22H,16H2,1H3,(H,26,29)(H2,25,27,31). The molecule has 3 N–H and O–H groups in total. The topological polar surface area (TPSA) is 79.5 Å². The van der Waals surface area contributed by atoms with Crippen molar-refractivity contribution in [2.45, 2.75) is 12.3 Å². The van der Waals surface area contributed by atoms with Crippen LogP contribution in [0.15, 0.2) is 84.9 Å². The van der Waals surface area contributed by atoms with Gasteiger partial charge in [0.15, 0.2) is 5.11 Å². The molecular weight excluding hydrogens is 410 g/mol. The molecule has 0 aliphatic rings. The number of carbonyl (C=O) groups excluding carboxylic acids is 2. The van der Waals surface area contributed by atoms with E-state index in [-0.39, 0.29) is 23.4 Å². The second kappa shape index (κ2) is 10.9. The van der Waals surface area contributed by atoms with Gasteiger partial charge < -0.3 is 10.1 Å². The van der Waals surface area contributed by atoms with E-state index in [0.29, 0.717) is 0 Å². The number of hydrazine groups is 1. The number of hydrogen-bond acceptors (Lipinski definition) is 4. The van der Waals surface area contributed by atoms with Gasteiger partial charge in [0, 0.05) is 5.69 Å². The Kier molecular flexibility index (Phi) is 7.73. The van der Waals surface area contributed by atoms with Crippen LogP contribution in [0.1, 0.15) is 22.6 Å². The highest BCUT2D eigenvalue weighted by Gasteiger charge is 2.22. The largest absolute Gasteiger partial charge is 0.469 e. The van der Waals surface area contributed by atoms with Gasteiger partial charge in [-0.15, -0.1) is 0 Å². The van der Waals surface area contributed by atoms with Crippen molar-refractivity contribution in [3.8, 4) is 0 Å². The molecule has 158 valence electrons. The average molecular weight is 434 g/mol. The first-order chi connectivity index (χ1) is 15.1. The first kappa shape index (κ1) is 22.0. The van der Waals surface area contributed by atoms with Crippen LogP contribution in [0, 0.1) is 0 Å². The Morgan fingerprint density at radius 3 is 1.90 bits per heavy atom. The molecule has 0 aromatic heterocycles. The lowest BCUT2D eigenvalue weighted by Gasteiger charge is -2.19. The second-order valence-electron chi connectivity index (χ2n) is 6.77. The van der Waals surface area contributed by atoms with Crippen molar-refractivity contribution in [3.63, 3.8) is 0 Å². The van der Waals surface area contributed by atoms with Crippen molar-refractivity contribution in [2.75, 3.05) is 12.4 Å². The smallest absolute Gasteiger partial charge is 0.309 e. The van der Waals surface area contributed by atoms with Crippen LogP contribution in [0.2, 0.25) is 0 Å². The predicted molar refractivity (Wildman–Crippen MR) is 124 cm³/mol. The van der Waals surface area contributed by atoms with Gasteiger partial charge in [-0.3, -0.25) is 20.4 Å². The minimum atomic E-state index is -0.477. The molecule has 0 aliphatic heterocycles. The highest BCUT2D eigenvalue weighted by molar-refractivity contribution is 7.80. The van der Waals surface area contributed by atoms with Crippen molar-refractivity contribution in [2.24, 2.45) is 0 Å². The van der Waals surface area contributed by atoms with Crippen LogP contribution < -0.4 is 16.2 Å². The number of rotatable bonds is 6. The maximum Gasteiger partial charge on any atom is 0.309 e. The summed E-state index contributed by atoms with van der Waals surface area (Å²) in [5.74, 6) is -1.00. The summed E-state index contributed by atoms with van der Waals surface area (Å²) >= 11 is 5.28. The Morgan fingerprint density at radius 1 is 0.839 bits per heavy atom. The third-order valence-corrected chi connectivity index (χ3v) is 4.82. The SMILES string of the molecule is COC(=O)Cc1ccc(NC(=S)NNC(=O)C(c2ccccc2)c2ccccc2)cc1. The quantitative estimate of drug-likeness (QED) is 0.313. The third kappa shape index (κ3) is 6.38. The lowest BCUT2D eigenvalue weighted by molar-refractivity contribution is -0.139. The number of anilines is 1. The van der Waals surface area contributed by atoms with E-state index in [1.807, 2.05) is 60.7 Å². The van der Waals surface area contributed by atoms with Crippen LogP contribution in [-0.4, -0.2) is 24.1 Å². The van der Waals surface area contributed by atoms with E-state index in [1.54, 1.807) is 24.3 Å². The summed E-state index contributed by atoms with van der Waals surface area (Å²) in [7, 11) is 1.36. The first-order valence-electron chi connectivity index (χ1n) is 9.69. The summed E-state index contributed by atoms with van der Waals surface area (Å²) in [5, 5.41) is 3.24. The van der Waals surface area contributed by atoms with Gasteiger partial charge in [-0.1, -0.05) is 72.8 Å². The third-order valence-electron chi connectivity index (χ3n) is 4.62. The maximum atomic E-state index is 13.0. The van der Waals surface area contributed by atoms with Crippen LogP contribution in [0.4, 0.5) is 5.69 Å². The predicted octanol–water partition coefficient (Wildman–Crippen LogP) is 3.55. The molecule has 0 aliphatic carbocycles. The Balaban J connectivity index is 1.60. The number of methoxy groups -OCH3 is 1. The molecule has 0 fully saturated rings. The molecule has 0 spiro atoms. The molecule has 3 aromatic rings. The monoisotopic (exact) mass is 433 g/mol. The van der Waals surface area contributed by atoms with Gasteiger partial charge in [0.2, 0.25) is 5.91 Å². The number of nitrogens with one attached hydrogen (secondary N) is 3. The zero-order chi connectivity index (χ0) is 22.1. The number of esters is 1. The molecule has 31 heavy (non-hydrogen) atoms. The van der Waals surface area contributed by atoms with Crippen molar-refractivity contribution in [1.82, 2.24) is 10.9 Å². The number of ether oxygens (including phenoxy) is 1. The normalized spacial score (nSPS) is 10.3. The highest BCUT2D eigenvalue weighted by Crippen LogP contribution is 2.24. The van der Waals surface area contributed by atoms with E-state index < -0.39 is 5.92 Å². The van der Waals surface area contributed by atoms with Crippen molar-refractivity contribution in [3.05, 3.63) is 102 Å². The van der Waals surface area contributed by atoms with Crippen LogP contribution in [0.3, 0.4) is 0 Å². The molecule has 3 rings (SSSR count). The van der Waals surface area contributed by atoms with Gasteiger partial charge in [0.05, 0.1) is 19.4 Å². The summed E-state index contributed by atoms with van der Waals surface area (Å²) in [6, 6.07) is 26.3. The maximum absolute atomic E-state index is 13.0. The second-order valence-corrected chi connectivity index (χ2v) is 7.18. The van der Waals surface area contributed by atoms with Gasteiger partial charge in [0.1, 0.15) is 0 Å². The van der Waals surface area contributed by atoms with Gasteiger partial charge in [-0.25, -0.2) is 0 Å². The fourth-order valence-corrected chi connectivity index (χ4v) is 3.25. The van der Waals surface area contributed by atoms with Crippen LogP contribution >= 0.6 is 12.2 Å². The summed E-state index contributed by atoms with van der Waals surface area (Å²) in [6.07, 6.45) is 0.204. The molecule has 0 heterocycles. The zero-order valence-electron chi connectivity index (χ0n) is 17.0. The minimum Gasteiger partial charge on any atom is -0.469 e. The summed E-state index contributed by atoms with van der Waals surface area (Å²) in [4.78, 5) is 24.3. The molecular formula is C24H23N3O3S. The lowest BCUT2D eigenvalue weighted by atomic mass is 9.91. The zero-order valence-corrected chi connectivity index (χ0v) is 17.8. The highest BCUT2D eigenvalue weighted by atomic mass is 32.1. The van der Waals surface area contributed by atoms with Crippen molar-refractivity contribution < 1.29 is 14.3 Å². The summed E-state index contributed by atoms with van der Waals surface area (Å²) in [6.45, 7) is 0. The van der Waals surface area contributed by atoms with E-state index >= 15 is 0 Å². The molecule has 0 bridgehead atoms. The van der Waals surface area contributed by atoms with E-state index in [0.717, 1.165) is 22.4 Å². The van der Waals surface area contributed by atoms with Gasteiger partial charge in [0.25, 0.3) is 0 Å². The summed E-state index contributed by atoms with van der Waals surface area (Å²) in [5.41, 5.74) is 8.77. The molecule has 0 saturated heterocycles. The van der Waals surface area contributed by atoms with Gasteiger partial charge >= 0.3 is 5.97 Å². The minimum absolute atomic E-state index is 0.204. The van der Waals surface area contributed by atoms with Gasteiger partial charge in [-0.2, -0.15) is 0 Å². The molecule has 0 unspecified atom stereocenters. The van der Waals surface area contributed by atoms with E-state index in [4.69, 9.17) is 12.2 Å². The molecule has 3 aromatic carbocycles. The lowest BCUT2D eigenvalue weighted by Crippen LogP contribution is -2.45. The Morgan fingerprint density at radius 2 is 1.39 bits per heavy atom. The van der Waals surface area contributed by atoms with E-state index in [9.17, 15) is 9.59 Å². The number of hydrogen-bond donors (Lipinski definition) is 3. The van der Waals surface area contributed by atoms with E-state index in [2.05, 4.69) is 20.9 Å². The van der Waals surface area contributed by atoms with Crippen LogP contribution in [-0.2, 0) is 20.7 Å². The number of benzene rings is 3. The molecule has 1 amide bonds. The van der Waals surface area contributed by atoms with Crippen LogP contribution in [0.5, 0.6) is 0 Å². The molecule has 0 radical (unpaired) electrons. The van der Waals surface area contributed by atoms with E-state index in [1.165, 1.54) is 7.11 Å². The van der Waals surface area contributed by atoms with Crippen molar-refractivity contribution >= 4 is 34.9 Å². The van der Waals surface area contributed by atoms with Crippen molar-refractivity contribution in [1.29, 1.82) is 0 Å². The fourth-order valence-electron chi connectivity index (χ4n) is 3.08. The number of thiocarbonyl (C=S) groups is 1. The Labute approximate surface area is 186 Å². The number of amides is 1. The average Bonchev–Trinajstić information content (AvgIpc) is 2.80. The Hall–Kier alpha value is -3.71. The first-order valence-corrected chi connectivity index (χ1v) is 10.1. The van der Waals surface area contributed by atoms with Gasteiger partial charge in [-0.05, 0) is 41.0 Å². The van der Waals surface area contributed by atoms with Crippen LogP contribution in [0.25, 0.3) is 0 Å². The fraction of sp³-hybridized carbons (Fsp3) is 0.125.